The fourth-order valence-corrected chi connectivity index (χ4v) is 5.90. The predicted molar refractivity (Wildman–Crippen MR) is 110 cm³/mol. The van der Waals surface area contributed by atoms with Crippen LogP contribution < -0.4 is 4.90 Å². The highest BCUT2D eigenvalue weighted by atomic mass is 32.2. The summed E-state index contributed by atoms with van der Waals surface area (Å²) in [6, 6.07) is 6.58. The Hall–Kier alpha value is -2.66. The Labute approximate surface area is 183 Å². The van der Waals surface area contributed by atoms with Crippen LogP contribution in [0.5, 0.6) is 0 Å². The lowest BCUT2D eigenvalue weighted by Gasteiger charge is -2.40. The number of benzene rings is 1. The molecule has 11 heteroatoms. The summed E-state index contributed by atoms with van der Waals surface area (Å²) in [4.78, 5) is 17.2. The van der Waals surface area contributed by atoms with E-state index in [0.29, 0.717) is 24.2 Å². The fraction of sp³-hybridized carbons (Fsp3) is 0.429. The Morgan fingerprint density at radius 1 is 1.19 bits per heavy atom. The van der Waals surface area contributed by atoms with E-state index >= 15 is 0 Å². The molecule has 1 aromatic heterocycles. The number of rotatable bonds is 4. The molecule has 1 aromatic carbocycles. The second-order valence-corrected chi connectivity index (χ2v) is 10.0. The van der Waals surface area contributed by atoms with Crippen molar-refractivity contribution in [3.05, 3.63) is 53.2 Å². The van der Waals surface area contributed by atoms with Gasteiger partial charge in [-0.05, 0) is 55.2 Å². The number of alkyl halides is 3. The van der Waals surface area contributed by atoms with E-state index in [4.69, 9.17) is 0 Å². The number of carbonyl (C=O) groups is 1. The number of hydrogen-bond donors (Lipinski definition) is 1. The number of sulfonamides is 1. The third-order valence-electron chi connectivity index (χ3n) is 6.09. The molecule has 1 aliphatic heterocycles. The number of halogens is 3. The van der Waals surface area contributed by atoms with Crippen molar-refractivity contribution in [2.45, 2.75) is 42.8 Å². The molecule has 2 aromatic rings. The van der Waals surface area contributed by atoms with Crippen molar-refractivity contribution in [3.63, 3.8) is 0 Å². The van der Waals surface area contributed by atoms with Crippen molar-refractivity contribution in [1.29, 1.82) is 0 Å². The number of aromatic nitrogens is 1. The fourth-order valence-electron chi connectivity index (χ4n) is 4.35. The molecule has 2 heterocycles. The zero-order valence-electron chi connectivity index (χ0n) is 17.2. The molecule has 7 nitrogen and oxygen atoms in total. The smallest absolute Gasteiger partial charge is 0.417 e. The molecule has 0 amide bonds. The highest BCUT2D eigenvalue weighted by Gasteiger charge is 2.36. The maximum absolute atomic E-state index is 13.2. The third-order valence-corrected chi connectivity index (χ3v) is 7.95. The van der Waals surface area contributed by atoms with Crippen LogP contribution in [0.3, 0.4) is 0 Å². The lowest BCUT2D eigenvalue weighted by molar-refractivity contribution is -0.139. The van der Waals surface area contributed by atoms with Gasteiger partial charge in [-0.3, -0.25) is 4.79 Å². The van der Waals surface area contributed by atoms with E-state index in [1.165, 1.54) is 22.5 Å². The minimum atomic E-state index is -4.47. The van der Waals surface area contributed by atoms with Crippen molar-refractivity contribution >= 4 is 21.8 Å². The summed E-state index contributed by atoms with van der Waals surface area (Å²) in [5.74, 6) is -1.32. The van der Waals surface area contributed by atoms with Gasteiger partial charge in [0, 0.05) is 31.9 Å². The van der Waals surface area contributed by atoms with Gasteiger partial charge < -0.3 is 10.0 Å². The molecule has 0 radical (unpaired) electrons. The molecule has 4 rings (SSSR count). The molecule has 2 atom stereocenters. The average molecular weight is 469 g/mol. The van der Waals surface area contributed by atoms with Crippen molar-refractivity contribution < 1.29 is 31.5 Å². The summed E-state index contributed by atoms with van der Waals surface area (Å²) in [5.41, 5.74) is 0.550. The summed E-state index contributed by atoms with van der Waals surface area (Å²) in [6.07, 6.45) is -2.65. The van der Waals surface area contributed by atoms with Crippen LogP contribution in [0.4, 0.5) is 19.0 Å². The summed E-state index contributed by atoms with van der Waals surface area (Å²) in [5, 5.41) is 9.40. The number of aryl methyl sites for hydroxylation is 1. The Bertz CT molecular complexity index is 1140. The molecule has 0 spiro atoms. The second-order valence-electron chi connectivity index (χ2n) is 8.10. The van der Waals surface area contributed by atoms with E-state index in [9.17, 15) is 31.5 Å². The summed E-state index contributed by atoms with van der Waals surface area (Å²) < 4.78 is 66.1. The number of carboxylic acid groups (broad SMARTS) is 1. The summed E-state index contributed by atoms with van der Waals surface area (Å²) in [6.45, 7) is 2.31. The normalized spacial score (nSPS) is 22.1. The van der Waals surface area contributed by atoms with Crippen molar-refractivity contribution in [3.8, 4) is 0 Å². The van der Waals surface area contributed by atoms with Gasteiger partial charge in [0.05, 0.1) is 16.4 Å². The molecule has 32 heavy (non-hydrogen) atoms. The van der Waals surface area contributed by atoms with Gasteiger partial charge in [-0.25, -0.2) is 13.4 Å². The van der Waals surface area contributed by atoms with Crippen molar-refractivity contribution in [2.24, 2.45) is 0 Å². The second kappa shape index (κ2) is 8.04. The average Bonchev–Trinajstić information content (AvgIpc) is 3.17. The number of anilines is 1. The minimum Gasteiger partial charge on any atom is -0.481 e. The zero-order valence-corrected chi connectivity index (χ0v) is 18.0. The molecular formula is C21H22F3N3O4S. The number of fused-ring (bicyclic) bond motifs is 1. The van der Waals surface area contributed by atoms with Crippen LogP contribution in [0.25, 0.3) is 0 Å². The molecule has 0 bridgehead atoms. The lowest BCUT2D eigenvalue weighted by Crippen LogP contribution is -2.53. The number of piperazine rings is 1. The SMILES string of the molecule is C[C@H]1CN(S(=O)(=O)c2ccc3c(c2)C(C(=O)O)CC3)CCN1c1ccc(C(F)(F)F)cn1. The quantitative estimate of drug-likeness (QED) is 0.740. The molecule has 1 N–H and O–H groups in total. The van der Waals surface area contributed by atoms with Crippen LogP contribution in [0.1, 0.15) is 36.0 Å². The standard InChI is InChI=1S/C21H22F3N3O4S/c1-13-12-26(8-9-27(13)19-7-4-15(11-25-19)21(22,23)24)32(30,31)16-5-2-14-3-6-17(20(28)29)18(14)10-16/h2,4-5,7,10-11,13,17H,3,6,8-9,12H2,1H3,(H,28,29)/t13-,17?/m0/s1. The molecular weight excluding hydrogens is 447 g/mol. The van der Waals surface area contributed by atoms with Crippen molar-refractivity contribution in [2.75, 3.05) is 24.5 Å². The third kappa shape index (κ3) is 4.06. The molecule has 1 aliphatic carbocycles. The van der Waals surface area contributed by atoms with E-state index in [1.54, 1.807) is 17.9 Å². The highest BCUT2D eigenvalue weighted by molar-refractivity contribution is 7.89. The first-order valence-electron chi connectivity index (χ1n) is 10.1. The largest absolute Gasteiger partial charge is 0.481 e. The molecule has 2 aliphatic rings. The summed E-state index contributed by atoms with van der Waals surface area (Å²) >= 11 is 0. The Morgan fingerprint density at radius 3 is 2.53 bits per heavy atom. The first-order chi connectivity index (χ1) is 15.0. The van der Waals surface area contributed by atoms with Crippen LogP contribution in [0.15, 0.2) is 41.4 Å². The number of pyridine rings is 1. The van der Waals surface area contributed by atoms with Crippen molar-refractivity contribution in [1.82, 2.24) is 9.29 Å². The van der Waals surface area contributed by atoms with Gasteiger partial charge in [-0.1, -0.05) is 6.07 Å². The van der Waals surface area contributed by atoms with Crippen LogP contribution in [-0.4, -0.2) is 54.5 Å². The predicted octanol–water partition coefficient (Wildman–Crippen LogP) is 3.11. The monoisotopic (exact) mass is 469 g/mol. The topological polar surface area (TPSA) is 90.8 Å². The number of nitrogens with zero attached hydrogens (tertiary/aromatic N) is 3. The van der Waals surface area contributed by atoms with Gasteiger partial charge in [0.1, 0.15) is 5.82 Å². The Morgan fingerprint density at radius 2 is 1.94 bits per heavy atom. The van der Waals surface area contributed by atoms with Crippen LogP contribution >= 0.6 is 0 Å². The molecule has 172 valence electrons. The van der Waals surface area contributed by atoms with Crippen LogP contribution in [0, 0.1) is 0 Å². The highest BCUT2D eigenvalue weighted by Crippen LogP contribution is 2.36. The molecule has 1 fully saturated rings. The van der Waals surface area contributed by atoms with Gasteiger partial charge in [-0.15, -0.1) is 0 Å². The van der Waals surface area contributed by atoms with Gasteiger partial charge >= 0.3 is 12.1 Å². The molecule has 1 saturated heterocycles. The minimum absolute atomic E-state index is 0.0534. The number of aliphatic carboxylic acids is 1. The number of hydrogen-bond acceptors (Lipinski definition) is 5. The molecule has 1 unspecified atom stereocenters. The van der Waals surface area contributed by atoms with Gasteiger partial charge in [0.15, 0.2) is 0 Å². The van der Waals surface area contributed by atoms with Gasteiger partial charge in [0.2, 0.25) is 10.0 Å². The van der Waals surface area contributed by atoms with E-state index in [0.717, 1.165) is 17.8 Å². The first-order valence-corrected chi connectivity index (χ1v) is 11.6. The van der Waals surface area contributed by atoms with E-state index in [1.807, 2.05) is 0 Å². The first kappa shape index (κ1) is 22.5. The van der Waals surface area contributed by atoms with Crippen LogP contribution in [0.2, 0.25) is 0 Å². The lowest BCUT2D eigenvalue weighted by atomic mass is 10.0. The van der Waals surface area contributed by atoms with E-state index in [2.05, 4.69) is 4.98 Å². The van der Waals surface area contributed by atoms with Gasteiger partial charge in [0.25, 0.3) is 0 Å². The Kier molecular flexibility index (Phi) is 5.66. The summed E-state index contributed by atoms with van der Waals surface area (Å²) in [7, 11) is -3.85. The maximum Gasteiger partial charge on any atom is 0.417 e. The zero-order chi connectivity index (χ0) is 23.3. The van der Waals surface area contributed by atoms with Crippen LogP contribution in [-0.2, 0) is 27.4 Å². The number of carboxylic acids is 1. The van der Waals surface area contributed by atoms with E-state index < -0.39 is 33.7 Å². The van der Waals surface area contributed by atoms with Gasteiger partial charge in [-0.2, -0.15) is 17.5 Å². The Balaban J connectivity index is 1.52. The molecule has 0 saturated carbocycles. The maximum atomic E-state index is 13.2. The van der Waals surface area contributed by atoms with E-state index in [-0.39, 0.29) is 30.6 Å².